The maximum Gasteiger partial charge on any atom is 0.124 e. The molecule has 0 saturated carbocycles. The molecule has 0 radical (unpaired) electrons. The number of hydrogen-bond acceptors (Lipinski definition) is 1. The van der Waals surface area contributed by atoms with Gasteiger partial charge in [-0.3, -0.25) is 0 Å². The van der Waals surface area contributed by atoms with Gasteiger partial charge in [-0.1, -0.05) is 67.9 Å². The Balaban J connectivity index is 0.00000379. The highest BCUT2D eigenvalue weighted by Gasteiger charge is 2.28. The van der Waals surface area contributed by atoms with Crippen LogP contribution < -0.4 is 4.74 Å². The van der Waals surface area contributed by atoms with Crippen molar-refractivity contribution in [3.63, 3.8) is 0 Å². The van der Waals surface area contributed by atoms with Crippen molar-refractivity contribution in [1.82, 2.24) is 0 Å². The summed E-state index contributed by atoms with van der Waals surface area (Å²) >= 11 is 0. The molecule has 29 heavy (non-hydrogen) atoms. The van der Waals surface area contributed by atoms with Gasteiger partial charge in [-0.25, -0.2) is 0 Å². The number of terminal acetylenes is 1. The van der Waals surface area contributed by atoms with Crippen LogP contribution in [0.5, 0.6) is 5.75 Å². The number of methoxy groups -OCH3 is 1. The molecule has 0 spiro atoms. The maximum absolute atomic E-state index is 5.73. The third kappa shape index (κ3) is 6.40. The molecule has 0 amide bonds. The zero-order chi connectivity index (χ0) is 22.9. The van der Waals surface area contributed by atoms with Crippen molar-refractivity contribution in [2.45, 2.75) is 61.3 Å². The van der Waals surface area contributed by atoms with E-state index < -0.39 is 0 Å². The quantitative estimate of drug-likeness (QED) is 0.337. The molecule has 1 aromatic carbocycles. The van der Waals surface area contributed by atoms with Gasteiger partial charge in [0.15, 0.2) is 0 Å². The van der Waals surface area contributed by atoms with Gasteiger partial charge in [-0.2, -0.15) is 0 Å². The van der Waals surface area contributed by atoms with Gasteiger partial charge in [0, 0.05) is 17.0 Å². The Bertz CT molecular complexity index is 877. The smallest absolute Gasteiger partial charge is 0.124 e. The lowest BCUT2D eigenvalue weighted by atomic mass is 9.75. The molecule has 1 atom stereocenters. The van der Waals surface area contributed by atoms with E-state index in [4.69, 9.17) is 11.2 Å². The summed E-state index contributed by atoms with van der Waals surface area (Å²) < 4.78 is 5.73. The average Bonchev–Trinajstić information content (AvgIpc) is 2.67. The average molecular weight is 391 g/mol. The third-order valence-electron chi connectivity index (χ3n) is 4.79. The fourth-order valence-electron chi connectivity index (χ4n) is 3.47. The monoisotopic (exact) mass is 390 g/mol. The Morgan fingerprint density at radius 3 is 1.76 bits per heavy atom. The number of benzene rings is 1. The molecule has 1 heteroatoms. The molecule has 0 aliphatic rings. The van der Waals surface area contributed by atoms with E-state index in [1.54, 1.807) is 7.11 Å². The molecule has 0 saturated heterocycles. The normalized spacial score (nSPS) is 11.7. The first-order valence-electron chi connectivity index (χ1n) is 10.1. The van der Waals surface area contributed by atoms with Gasteiger partial charge in [0.1, 0.15) is 5.75 Å². The summed E-state index contributed by atoms with van der Waals surface area (Å²) in [4.78, 5) is 0. The second-order valence-corrected chi connectivity index (χ2v) is 7.33. The van der Waals surface area contributed by atoms with E-state index in [1.165, 1.54) is 11.1 Å². The van der Waals surface area contributed by atoms with Crippen LogP contribution in [0.2, 0.25) is 0 Å². The van der Waals surface area contributed by atoms with E-state index in [1.807, 2.05) is 46.8 Å². The highest BCUT2D eigenvalue weighted by molar-refractivity contribution is 5.60. The summed E-state index contributed by atoms with van der Waals surface area (Å²) in [6.45, 7) is 29.1. The molecule has 0 aliphatic heterocycles. The van der Waals surface area contributed by atoms with Crippen LogP contribution in [0.15, 0.2) is 76.9 Å². The summed E-state index contributed by atoms with van der Waals surface area (Å²) in [6.07, 6.45) is 5.59. The van der Waals surface area contributed by atoms with Crippen LogP contribution in [-0.4, -0.2) is 7.11 Å². The van der Waals surface area contributed by atoms with Crippen LogP contribution in [0.25, 0.3) is 0 Å². The molecule has 0 fully saturated rings. The van der Waals surface area contributed by atoms with E-state index in [9.17, 15) is 0 Å². The number of rotatable bonds is 7. The molecule has 1 aromatic rings. The Hall–Kier alpha value is -2.72. The molecule has 1 rings (SSSR count). The fraction of sp³-hybridized carbons (Fsp3) is 0.357. The lowest BCUT2D eigenvalue weighted by Crippen LogP contribution is -2.13. The molecular formula is C28H38O. The molecule has 1 nitrogen and oxygen atoms in total. The molecule has 0 bridgehead atoms. The first-order chi connectivity index (χ1) is 13.6. The van der Waals surface area contributed by atoms with Gasteiger partial charge in [-0.15, -0.1) is 6.42 Å². The van der Waals surface area contributed by atoms with E-state index >= 15 is 0 Å². The summed E-state index contributed by atoms with van der Waals surface area (Å²) in [7, 11) is 1.68. The minimum Gasteiger partial charge on any atom is -0.496 e. The summed E-state index contributed by atoms with van der Waals surface area (Å²) in [5, 5.41) is 0. The van der Waals surface area contributed by atoms with Crippen LogP contribution in [0, 0.1) is 12.3 Å². The van der Waals surface area contributed by atoms with Crippen LogP contribution in [0.3, 0.4) is 0 Å². The van der Waals surface area contributed by atoms with Crippen molar-refractivity contribution in [3.05, 3.63) is 88.1 Å². The zero-order valence-electron chi connectivity index (χ0n) is 19.9. The molecule has 0 aliphatic carbocycles. The molecule has 156 valence electrons. The summed E-state index contributed by atoms with van der Waals surface area (Å²) in [5.74, 6) is 3.40. The first kappa shape index (κ1) is 26.3. The van der Waals surface area contributed by atoms with Crippen molar-refractivity contribution in [1.29, 1.82) is 0 Å². The standard InChI is InChI=1S/C26H32O.C2H6/c1-12-21-13-14-22(23(15-21)27-11)26(24(17(4)5)18(6)7)25(19(8)9)20(10)16(2)3;1-2/h1,13-15,26H,2,4,8H2,3,5-7,9-11H3;1-2H3/b25-20+;/t26-;/m0./s1. The van der Waals surface area contributed by atoms with E-state index in [0.717, 1.165) is 44.7 Å². The second kappa shape index (κ2) is 12.0. The minimum absolute atomic E-state index is 0.0523. The largest absolute Gasteiger partial charge is 0.496 e. The van der Waals surface area contributed by atoms with Gasteiger partial charge < -0.3 is 4.74 Å². The topological polar surface area (TPSA) is 9.23 Å². The summed E-state index contributed by atoms with van der Waals surface area (Å²) in [6, 6.07) is 5.92. The first-order valence-corrected chi connectivity index (χ1v) is 10.1. The van der Waals surface area contributed by atoms with Crippen molar-refractivity contribution in [2.24, 2.45) is 0 Å². The van der Waals surface area contributed by atoms with Gasteiger partial charge in [0.05, 0.1) is 7.11 Å². The number of hydrogen-bond donors (Lipinski definition) is 0. The molecule has 0 N–H and O–H groups in total. The minimum atomic E-state index is -0.0523. The predicted octanol–water partition coefficient (Wildman–Crippen LogP) is 8.17. The van der Waals surface area contributed by atoms with Crippen LogP contribution in [-0.2, 0) is 0 Å². The highest BCUT2D eigenvalue weighted by Crippen LogP contribution is 2.45. The number of allylic oxidation sites excluding steroid dienone is 7. The Morgan fingerprint density at radius 1 is 0.897 bits per heavy atom. The fourth-order valence-corrected chi connectivity index (χ4v) is 3.47. The van der Waals surface area contributed by atoms with Crippen LogP contribution in [0.4, 0.5) is 0 Å². The molecule has 0 unspecified atom stereocenters. The molecule has 0 heterocycles. The van der Waals surface area contributed by atoms with Crippen LogP contribution >= 0.6 is 0 Å². The highest BCUT2D eigenvalue weighted by atomic mass is 16.5. The van der Waals surface area contributed by atoms with Crippen molar-refractivity contribution in [3.8, 4) is 18.1 Å². The van der Waals surface area contributed by atoms with Gasteiger partial charge >= 0.3 is 0 Å². The van der Waals surface area contributed by atoms with E-state index in [0.29, 0.717) is 0 Å². The van der Waals surface area contributed by atoms with Crippen LogP contribution in [0.1, 0.15) is 72.4 Å². The lowest BCUT2D eigenvalue weighted by Gasteiger charge is -2.30. The Morgan fingerprint density at radius 2 is 1.41 bits per heavy atom. The summed E-state index contributed by atoms with van der Waals surface area (Å²) in [5.41, 5.74) is 9.57. The third-order valence-corrected chi connectivity index (χ3v) is 4.79. The van der Waals surface area contributed by atoms with Crippen molar-refractivity contribution in [2.75, 3.05) is 7.11 Å². The van der Waals surface area contributed by atoms with Crippen molar-refractivity contribution >= 4 is 0 Å². The number of ether oxygens (including phenoxy) is 1. The van der Waals surface area contributed by atoms with E-state index in [-0.39, 0.29) is 5.92 Å². The SMILES string of the molecule is C#Cc1ccc([C@@H](C(C(=C)C)=C(C)C)/C(C(=C)C)=C(\C)C(=C)C)c(OC)c1.CC. The molecule has 0 aromatic heterocycles. The lowest BCUT2D eigenvalue weighted by molar-refractivity contribution is 0.408. The van der Waals surface area contributed by atoms with Gasteiger partial charge in [0.25, 0.3) is 0 Å². The predicted molar refractivity (Wildman–Crippen MR) is 131 cm³/mol. The van der Waals surface area contributed by atoms with E-state index in [2.05, 4.69) is 52.5 Å². The zero-order valence-corrected chi connectivity index (χ0v) is 19.9. The van der Waals surface area contributed by atoms with Gasteiger partial charge in [0.2, 0.25) is 0 Å². The van der Waals surface area contributed by atoms with Gasteiger partial charge in [-0.05, 0) is 70.4 Å². The molecular weight excluding hydrogens is 352 g/mol. The second-order valence-electron chi connectivity index (χ2n) is 7.33. The Kier molecular flexibility index (Phi) is 10.9. The van der Waals surface area contributed by atoms with Crippen molar-refractivity contribution < 1.29 is 4.74 Å². The maximum atomic E-state index is 5.73. The Labute approximate surface area is 179 Å².